The predicted octanol–water partition coefficient (Wildman–Crippen LogP) is 2.55. The van der Waals surface area contributed by atoms with E-state index >= 15 is 0 Å². The zero-order chi connectivity index (χ0) is 17.2. The van der Waals surface area contributed by atoms with Crippen LogP contribution in [0.5, 0.6) is 0 Å². The van der Waals surface area contributed by atoms with E-state index in [4.69, 9.17) is 0 Å². The van der Waals surface area contributed by atoms with E-state index in [0.29, 0.717) is 5.69 Å². The molecule has 0 atom stereocenters. The van der Waals surface area contributed by atoms with Crippen molar-refractivity contribution in [2.24, 2.45) is 5.92 Å². The van der Waals surface area contributed by atoms with Gasteiger partial charge in [-0.15, -0.1) is 10.2 Å². The number of hydrogen-bond acceptors (Lipinski definition) is 6. The molecule has 1 amide bonds. The number of aromatic nitrogens is 2. The van der Waals surface area contributed by atoms with Crippen LogP contribution in [0.2, 0.25) is 0 Å². The number of rotatable bonds is 5. The van der Waals surface area contributed by atoms with Gasteiger partial charge in [-0.05, 0) is 37.1 Å². The normalized spacial score (nSPS) is 11.5. The zero-order valence-corrected chi connectivity index (χ0v) is 14.9. The first kappa shape index (κ1) is 17.4. The first-order valence-electron chi connectivity index (χ1n) is 6.93. The standard InChI is InChI=1S/C14H18N4O3S2/c1-8(2)12(19)15-13-16-17-14(22-13)23(20,21)18-11-6-9(3)5-10(4)7-11/h5-8,18H,1-4H3,(H,15,16,19). The summed E-state index contributed by atoms with van der Waals surface area (Å²) >= 11 is 0.809. The quantitative estimate of drug-likeness (QED) is 0.804. The van der Waals surface area contributed by atoms with Crippen molar-refractivity contribution in [2.75, 3.05) is 10.0 Å². The Morgan fingerprint density at radius 1 is 1.13 bits per heavy atom. The van der Waals surface area contributed by atoms with E-state index in [-0.39, 0.29) is 21.3 Å². The van der Waals surface area contributed by atoms with E-state index in [2.05, 4.69) is 20.2 Å². The molecule has 0 radical (unpaired) electrons. The Morgan fingerprint density at radius 3 is 2.30 bits per heavy atom. The molecule has 23 heavy (non-hydrogen) atoms. The van der Waals surface area contributed by atoms with Gasteiger partial charge in [-0.1, -0.05) is 31.3 Å². The molecule has 2 aromatic rings. The second-order valence-corrected chi connectivity index (χ2v) is 8.33. The summed E-state index contributed by atoms with van der Waals surface area (Å²) in [5.74, 6) is -0.472. The largest absolute Gasteiger partial charge is 0.300 e. The minimum absolute atomic E-state index is 0.157. The van der Waals surface area contributed by atoms with E-state index in [0.717, 1.165) is 22.5 Å². The molecule has 1 aromatic heterocycles. The van der Waals surface area contributed by atoms with E-state index < -0.39 is 10.0 Å². The maximum atomic E-state index is 12.3. The summed E-state index contributed by atoms with van der Waals surface area (Å²) in [6, 6.07) is 5.41. The Kier molecular flexibility index (Phi) is 5.00. The van der Waals surface area contributed by atoms with Crippen LogP contribution in [0.1, 0.15) is 25.0 Å². The van der Waals surface area contributed by atoms with Crippen LogP contribution < -0.4 is 10.0 Å². The fourth-order valence-corrected chi connectivity index (χ4v) is 3.80. The third-order valence-electron chi connectivity index (χ3n) is 2.86. The molecule has 0 bridgehead atoms. The molecule has 0 saturated carbocycles. The summed E-state index contributed by atoms with van der Waals surface area (Å²) in [5.41, 5.74) is 2.36. The minimum Gasteiger partial charge on any atom is -0.300 e. The zero-order valence-electron chi connectivity index (χ0n) is 13.2. The van der Waals surface area contributed by atoms with Crippen LogP contribution in [0.15, 0.2) is 22.5 Å². The molecule has 9 heteroatoms. The highest BCUT2D eigenvalue weighted by Gasteiger charge is 2.21. The van der Waals surface area contributed by atoms with Gasteiger partial charge in [0.15, 0.2) is 0 Å². The molecule has 0 aliphatic heterocycles. The molecule has 0 aliphatic rings. The van der Waals surface area contributed by atoms with Crippen molar-refractivity contribution in [2.45, 2.75) is 32.0 Å². The summed E-state index contributed by atoms with van der Waals surface area (Å²) in [5, 5.41) is 10.0. The van der Waals surface area contributed by atoms with Crippen LogP contribution >= 0.6 is 11.3 Å². The smallest absolute Gasteiger partial charge is 0.291 e. The molecule has 0 fully saturated rings. The first-order chi connectivity index (χ1) is 10.7. The second kappa shape index (κ2) is 6.63. The van der Waals surface area contributed by atoms with Crippen LogP contribution in [0.25, 0.3) is 0 Å². The molecule has 7 nitrogen and oxygen atoms in total. The van der Waals surface area contributed by atoms with Crippen molar-refractivity contribution in [3.8, 4) is 0 Å². The summed E-state index contributed by atoms with van der Waals surface area (Å²) < 4.78 is 27.0. The van der Waals surface area contributed by atoms with Crippen molar-refractivity contribution in [1.29, 1.82) is 0 Å². The van der Waals surface area contributed by atoms with Gasteiger partial charge in [0.2, 0.25) is 11.0 Å². The van der Waals surface area contributed by atoms with E-state index in [1.807, 2.05) is 19.9 Å². The number of carbonyl (C=O) groups excluding carboxylic acids is 1. The SMILES string of the molecule is Cc1cc(C)cc(NS(=O)(=O)c2nnc(NC(=O)C(C)C)s2)c1. The van der Waals surface area contributed by atoms with Gasteiger partial charge in [-0.2, -0.15) is 8.42 Å². The molecular weight excluding hydrogens is 336 g/mol. The lowest BCUT2D eigenvalue weighted by Crippen LogP contribution is -2.17. The lowest BCUT2D eigenvalue weighted by atomic mass is 10.1. The van der Waals surface area contributed by atoms with Gasteiger partial charge in [-0.3, -0.25) is 9.52 Å². The van der Waals surface area contributed by atoms with Gasteiger partial charge in [0.25, 0.3) is 14.4 Å². The van der Waals surface area contributed by atoms with Crippen molar-refractivity contribution >= 4 is 38.1 Å². The van der Waals surface area contributed by atoms with Crippen LogP contribution in [0, 0.1) is 19.8 Å². The summed E-state index contributed by atoms with van der Waals surface area (Å²) in [6.45, 7) is 7.23. The molecule has 2 rings (SSSR count). The molecule has 0 unspecified atom stereocenters. The Morgan fingerprint density at radius 2 is 1.74 bits per heavy atom. The van der Waals surface area contributed by atoms with Crippen molar-refractivity contribution in [3.05, 3.63) is 29.3 Å². The molecule has 2 N–H and O–H groups in total. The highest BCUT2D eigenvalue weighted by Crippen LogP contribution is 2.24. The highest BCUT2D eigenvalue weighted by molar-refractivity contribution is 7.94. The molecule has 0 aliphatic carbocycles. The Hall–Kier alpha value is -2.00. The summed E-state index contributed by atoms with van der Waals surface area (Å²) in [7, 11) is -3.84. The van der Waals surface area contributed by atoms with Crippen LogP contribution in [-0.4, -0.2) is 24.5 Å². The first-order valence-corrected chi connectivity index (χ1v) is 9.23. The van der Waals surface area contributed by atoms with Gasteiger partial charge in [0, 0.05) is 11.6 Å². The highest BCUT2D eigenvalue weighted by atomic mass is 32.2. The number of nitrogens with zero attached hydrogens (tertiary/aromatic N) is 2. The molecule has 0 saturated heterocycles. The summed E-state index contributed by atoms with van der Waals surface area (Å²) in [6.07, 6.45) is 0. The Labute approximate surface area is 139 Å². The van der Waals surface area contributed by atoms with Gasteiger partial charge < -0.3 is 5.32 Å². The molecule has 1 heterocycles. The van der Waals surface area contributed by atoms with Crippen molar-refractivity contribution < 1.29 is 13.2 Å². The molecule has 0 spiro atoms. The number of benzene rings is 1. The number of anilines is 2. The van der Waals surface area contributed by atoms with Gasteiger partial charge in [0.1, 0.15) is 0 Å². The minimum atomic E-state index is -3.84. The van der Waals surface area contributed by atoms with Crippen molar-refractivity contribution in [3.63, 3.8) is 0 Å². The lowest BCUT2D eigenvalue weighted by Gasteiger charge is -2.07. The van der Waals surface area contributed by atoms with E-state index in [9.17, 15) is 13.2 Å². The number of sulfonamides is 1. The number of amides is 1. The monoisotopic (exact) mass is 354 g/mol. The Bertz CT molecular complexity index is 808. The predicted molar refractivity (Wildman–Crippen MR) is 90.1 cm³/mol. The summed E-state index contributed by atoms with van der Waals surface area (Å²) in [4.78, 5) is 11.6. The van der Waals surface area contributed by atoms with Crippen LogP contribution in [0.4, 0.5) is 10.8 Å². The van der Waals surface area contributed by atoms with Gasteiger partial charge >= 0.3 is 0 Å². The molecule has 1 aromatic carbocycles. The number of carbonyl (C=O) groups is 1. The van der Waals surface area contributed by atoms with Gasteiger partial charge in [-0.25, -0.2) is 0 Å². The Balaban J connectivity index is 2.20. The van der Waals surface area contributed by atoms with Crippen LogP contribution in [0.3, 0.4) is 0 Å². The maximum absolute atomic E-state index is 12.3. The van der Waals surface area contributed by atoms with E-state index in [1.54, 1.807) is 26.0 Å². The number of aryl methyl sites for hydroxylation is 2. The maximum Gasteiger partial charge on any atom is 0.291 e. The van der Waals surface area contributed by atoms with Crippen molar-refractivity contribution in [1.82, 2.24) is 10.2 Å². The fourth-order valence-electron chi connectivity index (χ4n) is 1.85. The van der Waals surface area contributed by atoms with E-state index in [1.165, 1.54) is 0 Å². The average Bonchev–Trinajstić information content (AvgIpc) is 2.86. The van der Waals surface area contributed by atoms with Gasteiger partial charge in [0.05, 0.1) is 0 Å². The number of nitrogens with one attached hydrogen (secondary N) is 2. The molecule has 124 valence electrons. The lowest BCUT2D eigenvalue weighted by molar-refractivity contribution is -0.118. The topological polar surface area (TPSA) is 101 Å². The third kappa shape index (κ3) is 4.49. The fraction of sp³-hybridized carbons (Fsp3) is 0.357. The average molecular weight is 354 g/mol. The third-order valence-corrected chi connectivity index (χ3v) is 5.45. The second-order valence-electron chi connectivity index (χ2n) is 5.50. The number of hydrogen-bond donors (Lipinski definition) is 2. The molecular formula is C14H18N4O3S2. The van der Waals surface area contributed by atoms with Crippen LogP contribution in [-0.2, 0) is 14.8 Å².